The van der Waals surface area contributed by atoms with Gasteiger partial charge in [-0.15, -0.1) is 0 Å². The number of thioether (sulfide) groups is 1. The zero-order valence-corrected chi connectivity index (χ0v) is 13.8. The smallest absolute Gasteiger partial charge is 0.383 e. The molecule has 0 saturated carbocycles. The quantitative estimate of drug-likeness (QED) is 0.774. The molecule has 1 aromatic carbocycles. The minimum Gasteiger partial charge on any atom is -0.383 e. The van der Waals surface area contributed by atoms with E-state index in [0.29, 0.717) is 10.7 Å². The lowest BCUT2D eigenvalue weighted by Gasteiger charge is -2.17. The van der Waals surface area contributed by atoms with Gasteiger partial charge in [0.2, 0.25) is 0 Å². The maximum Gasteiger partial charge on any atom is 0.422 e. The number of anilines is 1. The van der Waals surface area contributed by atoms with Gasteiger partial charge < -0.3 is 5.73 Å². The van der Waals surface area contributed by atoms with Crippen molar-refractivity contribution in [2.45, 2.75) is 36.7 Å². The van der Waals surface area contributed by atoms with Crippen molar-refractivity contribution in [3.63, 3.8) is 0 Å². The van der Waals surface area contributed by atoms with Crippen LogP contribution in [0.25, 0.3) is 5.69 Å². The third-order valence-corrected chi connectivity index (χ3v) is 3.99. The summed E-state index contributed by atoms with van der Waals surface area (Å²) in [6.45, 7) is 5.44. The summed E-state index contributed by atoms with van der Waals surface area (Å²) < 4.78 is 40.6. The van der Waals surface area contributed by atoms with Crippen molar-refractivity contribution in [1.82, 2.24) is 9.78 Å². The molecule has 0 aliphatic carbocycles. The summed E-state index contributed by atoms with van der Waals surface area (Å²) in [7, 11) is 0. The molecule has 0 saturated heterocycles. The van der Waals surface area contributed by atoms with Crippen LogP contribution in [0.2, 0.25) is 5.02 Å². The Labute approximate surface area is 135 Å². The third-order valence-electron chi connectivity index (χ3n) is 2.65. The average molecular weight is 350 g/mol. The highest BCUT2D eigenvalue weighted by Gasteiger charge is 2.41. The number of nitrogen functional groups attached to an aromatic ring is 1. The molecule has 2 rings (SSSR count). The van der Waals surface area contributed by atoms with E-state index in [-0.39, 0.29) is 5.03 Å². The lowest BCUT2D eigenvalue weighted by atomic mass is 10.3. The van der Waals surface area contributed by atoms with Gasteiger partial charge in [-0.1, -0.05) is 44.1 Å². The van der Waals surface area contributed by atoms with E-state index in [1.165, 1.54) is 0 Å². The van der Waals surface area contributed by atoms with Crippen molar-refractivity contribution in [2.24, 2.45) is 0 Å². The molecule has 0 aliphatic rings. The van der Waals surface area contributed by atoms with E-state index < -0.39 is 22.3 Å². The molecule has 3 nitrogen and oxygen atoms in total. The van der Waals surface area contributed by atoms with Crippen LogP contribution >= 0.6 is 23.4 Å². The second kappa shape index (κ2) is 5.70. The van der Waals surface area contributed by atoms with Gasteiger partial charge in [0.1, 0.15) is 16.4 Å². The van der Waals surface area contributed by atoms with Crippen LogP contribution in [0.15, 0.2) is 29.3 Å². The van der Waals surface area contributed by atoms with Crippen LogP contribution in [0, 0.1) is 0 Å². The molecule has 0 aliphatic heterocycles. The Bertz CT molecular complexity index is 672. The fourth-order valence-corrected chi connectivity index (χ4v) is 2.97. The standard InChI is InChI=1S/C14H15ClF3N3S/c1-13(2,3)22-12-10(14(16,17)18)11(19)21(20-12)9-6-4-8(15)5-7-9/h4-7H,19H2,1-3H3. The minimum absolute atomic E-state index is 0.132. The van der Waals surface area contributed by atoms with E-state index in [2.05, 4.69) is 5.10 Å². The Morgan fingerprint density at radius 1 is 1.14 bits per heavy atom. The number of hydrogen-bond acceptors (Lipinski definition) is 3. The molecular weight excluding hydrogens is 335 g/mol. The van der Waals surface area contributed by atoms with Gasteiger partial charge in [0.25, 0.3) is 0 Å². The van der Waals surface area contributed by atoms with Crippen LogP contribution in [0.5, 0.6) is 0 Å². The topological polar surface area (TPSA) is 43.8 Å². The molecule has 1 aromatic heterocycles. The normalized spacial score (nSPS) is 12.7. The van der Waals surface area contributed by atoms with E-state index in [1.54, 1.807) is 24.3 Å². The van der Waals surface area contributed by atoms with Crippen LogP contribution in [0.4, 0.5) is 19.0 Å². The fourth-order valence-electron chi connectivity index (χ4n) is 1.82. The third kappa shape index (κ3) is 3.70. The summed E-state index contributed by atoms with van der Waals surface area (Å²) in [5.41, 5.74) is 5.24. The number of halogens is 4. The monoisotopic (exact) mass is 349 g/mol. The van der Waals surface area contributed by atoms with Crippen molar-refractivity contribution in [3.05, 3.63) is 34.9 Å². The highest BCUT2D eigenvalue weighted by Crippen LogP contribution is 2.44. The van der Waals surface area contributed by atoms with Gasteiger partial charge in [-0.2, -0.15) is 18.3 Å². The summed E-state index contributed by atoms with van der Waals surface area (Å²) in [5, 5.41) is 4.40. The van der Waals surface area contributed by atoms with E-state index in [0.717, 1.165) is 16.4 Å². The Hall–Kier alpha value is -1.34. The van der Waals surface area contributed by atoms with Crippen LogP contribution in [0.1, 0.15) is 26.3 Å². The predicted octanol–water partition coefficient (Wildman–Crippen LogP) is 5.02. The zero-order valence-electron chi connectivity index (χ0n) is 12.2. The van der Waals surface area contributed by atoms with Crippen molar-refractivity contribution in [2.75, 3.05) is 5.73 Å². The molecule has 120 valence electrons. The first-order chi connectivity index (χ1) is 9.99. The van der Waals surface area contributed by atoms with E-state index >= 15 is 0 Å². The Balaban J connectivity index is 2.60. The minimum atomic E-state index is -4.57. The van der Waals surface area contributed by atoms with E-state index in [9.17, 15) is 13.2 Å². The Morgan fingerprint density at radius 3 is 2.14 bits per heavy atom. The molecule has 0 amide bonds. The molecule has 8 heteroatoms. The predicted molar refractivity (Wildman–Crippen MR) is 83.6 cm³/mol. The molecule has 0 atom stereocenters. The Kier molecular flexibility index (Phi) is 4.41. The molecule has 2 N–H and O–H groups in total. The molecule has 0 spiro atoms. The number of nitrogens with zero attached hydrogens (tertiary/aromatic N) is 2. The largest absolute Gasteiger partial charge is 0.422 e. The molecule has 0 fully saturated rings. The highest BCUT2D eigenvalue weighted by molar-refractivity contribution is 8.00. The van der Waals surface area contributed by atoms with Crippen LogP contribution in [-0.2, 0) is 6.18 Å². The molecule has 1 heterocycles. The summed E-state index contributed by atoms with van der Waals surface area (Å²) >= 11 is 6.82. The number of nitrogens with two attached hydrogens (primary N) is 1. The van der Waals surface area contributed by atoms with Crippen molar-refractivity contribution < 1.29 is 13.2 Å². The summed E-state index contributed by atoms with van der Waals surface area (Å²) in [4.78, 5) is 0. The number of rotatable bonds is 2. The second-order valence-electron chi connectivity index (χ2n) is 5.67. The molecule has 22 heavy (non-hydrogen) atoms. The van der Waals surface area contributed by atoms with Gasteiger partial charge in [-0.25, -0.2) is 4.68 Å². The van der Waals surface area contributed by atoms with Gasteiger partial charge in [-0.3, -0.25) is 0 Å². The maximum absolute atomic E-state index is 13.3. The maximum atomic E-state index is 13.3. The molecule has 0 radical (unpaired) electrons. The first-order valence-electron chi connectivity index (χ1n) is 6.40. The Morgan fingerprint density at radius 2 is 1.68 bits per heavy atom. The van der Waals surface area contributed by atoms with Gasteiger partial charge >= 0.3 is 6.18 Å². The van der Waals surface area contributed by atoms with E-state index in [1.807, 2.05) is 20.8 Å². The number of aromatic nitrogens is 2. The first-order valence-corrected chi connectivity index (χ1v) is 7.59. The molecule has 0 unspecified atom stereocenters. The molecule has 2 aromatic rings. The van der Waals surface area contributed by atoms with Crippen molar-refractivity contribution in [3.8, 4) is 5.69 Å². The van der Waals surface area contributed by atoms with Gasteiger partial charge in [-0.05, 0) is 24.3 Å². The summed E-state index contributed by atoms with van der Waals surface area (Å²) in [5.74, 6) is -0.429. The molecular formula is C14H15ClF3N3S. The van der Waals surface area contributed by atoms with Gasteiger partial charge in [0, 0.05) is 9.77 Å². The van der Waals surface area contributed by atoms with Crippen molar-refractivity contribution in [1.29, 1.82) is 0 Å². The second-order valence-corrected chi connectivity index (χ2v) is 7.92. The zero-order chi connectivity index (χ0) is 16.7. The fraction of sp³-hybridized carbons (Fsp3) is 0.357. The highest BCUT2D eigenvalue weighted by atomic mass is 35.5. The number of benzene rings is 1. The van der Waals surface area contributed by atoms with Gasteiger partial charge in [0.05, 0.1) is 5.69 Å². The van der Waals surface area contributed by atoms with Crippen molar-refractivity contribution >= 4 is 29.2 Å². The van der Waals surface area contributed by atoms with Gasteiger partial charge in [0.15, 0.2) is 0 Å². The summed E-state index contributed by atoms with van der Waals surface area (Å²) in [6.07, 6.45) is -4.57. The average Bonchev–Trinajstić information content (AvgIpc) is 2.64. The van der Waals surface area contributed by atoms with E-state index in [4.69, 9.17) is 17.3 Å². The van der Waals surface area contributed by atoms with Crippen LogP contribution < -0.4 is 5.73 Å². The first kappa shape index (κ1) is 17.0. The lowest BCUT2D eigenvalue weighted by Crippen LogP contribution is -2.12. The SMILES string of the molecule is CC(C)(C)Sc1nn(-c2ccc(Cl)cc2)c(N)c1C(F)(F)F. The summed E-state index contributed by atoms with van der Waals surface area (Å²) in [6, 6.07) is 6.28. The number of hydrogen-bond donors (Lipinski definition) is 1. The van der Waals surface area contributed by atoms with Crippen LogP contribution in [-0.4, -0.2) is 14.5 Å². The molecule has 0 bridgehead atoms. The van der Waals surface area contributed by atoms with Crippen LogP contribution in [0.3, 0.4) is 0 Å². The number of alkyl halides is 3. The lowest BCUT2D eigenvalue weighted by molar-refractivity contribution is -0.139.